The fraction of sp³-hybridized carbons (Fsp3) is 0.308. The molecule has 1 aliphatic carbocycles. The second kappa shape index (κ2) is 3.37. The molecule has 0 saturated heterocycles. The first-order valence-electron chi connectivity index (χ1n) is 5.63. The molecular formula is C13H14N2O. The summed E-state index contributed by atoms with van der Waals surface area (Å²) in [5.41, 5.74) is 5.10. The van der Waals surface area contributed by atoms with Crippen LogP contribution in [-0.4, -0.2) is 10.6 Å². The third-order valence-corrected chi connectivity index (χ3v) is 3.06. The lowest BCUT2D eigenvalue weighted by Gasteiger charge is -2.09. The number of carbonyl (C=O) groups is 1. The lowest BCUT2D eigenvalue weighted by atomic mass is 10.2. The number of hydrogen-bond donors (Lipinski definition) is 1. The molecule has 2 aromatic rings. The molecule has 0 unspecified atom stereocenters. The van der Waals surface area contributed by atoms with Gasteiger partial charge < -0.3 is 0 Å². The molecule has 0 bridgehead atoms. The van der Waals surface area contributed by atoms with E-state index < -0.39 is 0 Å². The van der Waals surface area contributed by atoms with Crippen molar-refractivity contribution in [3.05, 3.63) is 36.0 Å². The van der Waals surface area contributed by atoms with Crippen LogP contribution >= 0.6 is 0 Å². The van der Waals surface area contributed by atoms with Crippen LogP contribution in [0.3, 0.4) is 0 Å². The molecule has 1 fully saturated rings. The van der Waals surface area contributed by atoms with E-state index in [0.29, 0.717) is 0 Å². The topological polar surface area (TPSA) is 34.0 Å². The Kier molecular flexibility index (Phi) is 1.99. The number of para-hydroxylation sites is 1. The smallest absolute Gasteiger partial charge is 0.241 e. The predicted molar refractivity (Wildman–Crippen MR) is 63.8 cm³/mol. The number of amides is 1. The van der Waals surface area contributed by atoms with Gasteiger partial charge in [-0.2, -0.15) is 0 Å². The van der Waals surface area contributed by atoms with E-state index in [9.17, 15) is 4.79 Å². The van der Waals surface area contributed by atoms with Gasteiger partial charge in [-0.3, -0.25) is 14.9 Å². The van der Waals surface area contributed by atoms with Crippen LogP contribution in [0.15, 0.2) is 30.3 Å². The fourth-order valence-corrected chi connectivity index (χ4v) is 1.99. The molecule has 1 N–H and O–H groups in total. The minimum Gasteiger partial charge on any atom is -0.273 e. The Morgan fingerprint density at radius 2 is 2.12 bits per heavy atom. The van der Waals surface area contributed by atoms with Crippen molar-refractivity contribution in [3.63, 3.8) is 0 Å². The van der Waals surface area contributed by atoms with Gasteiger partial charge in [0.1, 0.15) is 0 Å². The average Bonchev–Trinajstić information content (AvgIpc) is 3.06. The van der Waals surface area contributed by atoms with Gasteiger partial charge in [0.25, 0.3) is 0 Å². The Bertz CT molecular complexity index is 552. The third kappa shape index (κ3) is 1.48. The highest BCUT2D eigenvalue weighted by Gasteiger charge is 2.30. The van der Waals surface area contributed by atoms with Crippen molar-refractivity contribution in [2.75, 3.05) is 5.43 Å². The molecule has 0 aliphatic heterocycles. The van der Waals surface area contributed by atoms with Crippen molar-refractivity contribution >= 4 is 16.8 Å². The molecule has 1 heterocycles. The second-order valence-corrected chi connectivity index (χ2v) is 4.43. The van der Waals surface area contributed by atoms with E-state index in [-0.39, 0.29) is 11.8 Å². The zero-order valence-corrected chi connectivity index (χ0v) is 9.23. The Morgan fingerprint density at radius 1 is 1.38 bits per heavy atom. The largest absolute Gasteiger partial charge is 0.273 e. The van der Waals surface area contributed by atoms with E-state index in [1.165, 1.54) is 0 Å². The van der Waals surface area contributed by atoms with Gasteiger partial charge in [-0.05, 0) is 31.9 Å². The van der Waals surface area contributed by atoms with Crippen molar-refractivity contribution in [1.82, 2.24) is 4.68 Å². The monoisotopic (exact) mass is 214 g/mol. The van der Waals surface area contributed by atoms with Crippen molar-refractivity contribution in [3.8, 4) is 0 Å². The summed E-state index contributed by atoms with van der Waals surface area (Å²) in [6.45, 7) is 2.01. The van der Waals surface area contributed by atoms with Gasteiger partial charge in [0, 0.05) is 17.0 Å². The molecule has 3 rings (SSSR count). The van der Waals surface area contributed by atoms with E-state index in [1.54, 1.807) is 0 Å². The number of aryl methyl sites for hydroxylation is 1. The van der Waals surface area contributed by atoms with Gasteiger partial charge in [-0.25, -0.2) is 0 Å². The summed E-state index contributed by atoms with van der Waals surface area (Å²) in [5.74, 6) is 0.380. The molecule has 1 saturated carbocycles. The summed E-state index contributed by atoms with van der Waals surface area (Å²) in [5, 5.41) is 1.16. The molecule has 1 aromatic heterocycles. The first-order valence-corrected chi connectivity index (χ1v) is 5.63. The summed E-state index contributed by atoms with van der Waals surface area (Å²) >= 11 is 0. The second-order valence-electron chi connectivity index (χ2n) is 4.43. The molecule has 82 valence electrons. The third-order valence-electron chi connectivity index (χ3n) is 3.06. The van der Waals surface area contributed by atoms with Crippen molar-refractivity contribution in [2.24, 2.45) is 5.92 Å². The number of aromatic nitrogens is 1. The molecule has 16 heavy (non-hydrogen) atoms. The van der Waals surface area contributed by atoms with Gasteiger partial charge >= 0.3 is 0 Å². The highest BCUT2D eigenvalue weighted by molar-refractivity contribution is 5.91. The number of nitrogens with zero attached hydrogens (tertiary/aromatic N) is 1. The maximum absolute atomic E-state index is 11.7. The number of rotatable bonds is 2. The molecule has 3 nitrogen and oxygen atoms in total. The van der Waals surface area contributed by atoms with Crippen molar-refractivity contribution < 1.29 is 4.79 Å². The molecule has 1 amide bonds. The van der Waals surface area contributed by atoms with Crippen LogP contribution in [0.1, 0.15) is 18.5 Å². The van der Waals surface area contributed by atoms with Gasteiger partial charge in [0.05, 0.1) is 5.52 Å². The van der Waals surface area contributed by atoms with Crippen molar-refractivity contribution in [1.29, 1.82) is 0 Å². The Labute approximate surface area is 94.0 Å². The van der Waals surface area contributed by atoms with E-state index in [1.807, 2.05) is 29.8 Å². The van der Waals surface area contributed by atoms with E-state index in [4.69, 9.17) is 0 Å². The SMILES string of the molecule is Cc1cc2ccccc2n1NC(=O)C1CC1. The summed E-state index contributed by atoms with van der Waals surface area (Å²) in [6.07, 6.45) is 2.06. The number of benzene rings is 1. The first kappa shape index (κ1) is 9.46. The maximum atomic E-state index is 11.7. The highest BCUT2D eigenvalue weighted by Crippen LogP contribution is 2.29. The number of carbonyl (C=O) groups excluding carboxylic acids is 1. The molecule has 3 heteroatoms. The summed E-state index contributed by atoms with van der Waals surface area (Å²) in [4.78, 5) is 11.7. The van der Waals surface area contributed by atoms with Gasteiger partial charge in [-0.1, -0.05) is 18.2 Å². The number of fused-ring (bicyclic) bond motifs is 1. The van der Waals surface area contributed by atoms with Crippen LogP contribution in [0.2, 0.25) is 0 Å². The highest BCUT2D eigenvalue weighted by atomic mass is 16.2. The van der Waals surface area contributed by atoms with Gasteiger partial charge in [0.2, 0.25) is 5.91 Å². The van der Waals surface area contributed by atoms with E-state index >= 15 is 0 Å². The Hall–Kier alpha value is -1.77. The van der Waals surface area contributed by atoms with E-state index in [2.05, 4.69) is 17.6 Å². The Morgan fingerprint density at radius 3 is 2.88 bits per heavy atom. The van der Waals surface area contributed by atoms with Crippen LogP contribution in [0.5, 0.6) is 0 Å². The number of hydrogen-bond acceptors (Lipinski definition) is 1. The van der Waals surface area contributed by atoms with Crippen LogP contribution in [-0.2, 0) is 4.79 Å². The molecule has 0 radical (unpaired) electrons. The predicted octanol–water partition coefficient (Wildman–Crippen LogP) is 2.43. The molecular weight excluding hydrogens is 200 g/mol. The Balaban J connectivity index is 2.01. The molecule has 0 spiro atoms. The molecule has 1 aliphatic rings. The lowest BCUT2D eigenvalue weighted by molar-refractivity contribution is -0.118. The zero-order valence-electron chi connectivity index (χ0n) is 9.23. The summed E-state index contributed by atoms with van der Waals surface area (Å²) in [7, 11) is 0. The van der Waals surface area contributed by atoms with Gasteiger partial charge in [0.15, 0.2) is 0 Å². The first-order chi connectivity index (χ1) is 7.75. The van der Waals surface area contributed by atoms with Crippen LogP contribution < -0.4 is 5.43 Å². The minimum absolute atomic E-state index is 0.143. The van der Waals surface area contributed by atoms with E-state index in [0.717, 1.165) is 29.4 Å². The fourth-order valence-electron chi connectivity index (χ4n) is 1.99. The molecule has 1 aromatic carbocycles. The average molecular weight is 214 g/mol. The quantitative estimate of drug-likeness (QED) is 0.818. The summed E-state index contributed by atoms with van der Waals surface area (Å²) < 4.78 is 1.88. The standard InChI is InChI=1S/C13H14N2O/c1-9-8-11-4-2-3-5-12(11)15(9)14-13(16)10-6-7-10/h2-5,8,10H,6-7H2,1H3,(H,14,16). The molecule has 0 atom stereocenters. The van der Waals surface area contributed by atoms with Crippen LogP contribution in [0.4, 0.5) is 0 Å². The normalized spacial score (nSPS) is 15.3. The maximum Gasteiger partial charge on any atom is 0.241 e. The zero-order chi connectivity index (χ0) is 11.1. The van der Waals surface area contributed by atoms with Crippen LogP contribution in [0.25, 0.3) is 10.9 Å². The lowest BCUT2D eigenvalue weighted by Crippen LogP contribution is -2.24. The van der Waals surface area contributed by atoms with Crippen LogP contribution in [0, 0.1) is 12.8 Å². The van der Waals surface area contributed by atoms with Gasteiger partial charge in [-0.15, -0.1) is 0 Å². The minimum atomic E-state index is 0.143. The summed E-state index contributed by atoms with van der Waals surface area (Å²) in [6, 6.07) is 10.2. The number of nitrogens with one attached hydrogen (secondary N) is 1. The van der Waals surface area contributed by atoms with Crippen molar-refractivity contribution in [2.45, 2.75) is 19.8 Å².